The quantitative estimate of drug-likeness (QED) is 0.578. The summed E-state index contributed by atoms with van der Waals surface area (Å²) in [6.07, 6.45) is 1.65. The average molecular weight is 252 g/mol. The van der Waals surface area contributed by atoms with Crippen molar-refractivity contribution >= 4 is 11.4 Å². The van der Waals surface area contributed by atoms with E-state index in [2.05, 4.69) is 5.32 Å². The minimum atomic E-state index is -0.373. The van der Waals surface area contributed by atoms with Crippen LogP contribution in [0.25, 0.3) is 0 Å². The number of hydrogen-bond acceptors (Lipinski definition) is 4. The van der Waals surface area contributed by atoms with Crippen LogP contribution in [0, 0.1) is 23.0 Å². The third-order valence-corrected chi connectivity index (χ3v) is 3.05. The fraction of sp³-hybridized carbons (Fsp3) is 0.538. The molecule has 5 heteroatoms. The molecule has 0 aromatic heterocycles. The molecule has 0 radical (unpaired) electrons. The molecule has 0 bridgehead atoms. The summed E-state index contributed by atoms with van der Waals surface area (Å²) in [5.41, 5.74) is 1.52. The van der Waals surface area contributed by atoms with Crippen LogP contribution in [0.5, 0.6) is 0 Å². The summed E-state index contributed by atoms with van der Waals surface area (Å²) in [5.74, 6) is 0.330. The van der Waals surface area contributed by atoms with Crippen molar-refractivity contribution in [3.05, 3.63) is 33.9 Å². The molecule has 0 fully saturated rings. The molecule has 5 nitrogen and oxygen atoms in total. The summed E-state index contributed by atoms with van der Waals surface area (Å²) < 4.78 is 0. The van der Waals surface area contributed by atoms with Gasteiger partial charge in [-0.2, -0.15) is 0 Å². The van der Waals surface area contributed by atoms with Gasteiger partial charge in [-0.1, -0.05) is 19.4 Å². The Morgan fingerprint density at radius 2 is 2.22 bits per heavy atom. The first-order valence-corrected chi connectivity index (χ1v) is 6.18. The standard InChI is InChI=1S/C13H20N2O3/c1-3-11(6-7-16)9-14-12-5-4-10(2)8-13(12)15(17)18/h4-5,8,11,14,16H,3,6-7,9H2,1-2H3. The van der Waals surface area contributed by atoms with Crippen LogP contribution >= 0.6 is 0 Å². The second-order valence-electron chi connectivity index (χ2n) is 4.45. The second kappa shape index (κ2) is 6.96. The first-order chi connectivity index (χ1) is 8.58. The molecule has 0 saturated carbocycles. The van der Waals surface area contributed by atoms with E-state index in [0.717, 1.165) is 12.0 Å². The molecule has 0 saturated heterocycles. The van der Waals surface area contributed by atoms with E-state index in [1.54, 1.807) is 12.1 Å². The third-order valence-electron chi connectivity index (χ3n) is 3.05. The van der Waals surface area contributed by atoms with Crippen molar-refractivity contribution in [1.82, 2.24) is 0 Å². The summed E-state index contributed by atoms with van der Waals surface area (Å²) in [6.45, 7) is 4.67. The summed E-state index contributed by atoms with van der Waals surface area (Å²) in [5, 5.41) is 23.0. The number of aliphatic hydroxyl groups is 1. The van der Waals surface area contributed by atoms with Gasteiger partial charge in [0.2, 0.25) is 0 Å². The normalized spacial score (nSPS) is 12.2. The lowest BCUT2D eigenvalue weighted by Gasteiger charge is -2.15. The fourth-order valence-electron chi connectivity index (χ4n) is 1.83. The molecule has 18 heavy (non-hydrogen) atoms. The van der Waals surface area contributed by atoms with E-state index in [0.29, 0.717) is 24.6 Å². The van der Waals surface area contributed by atoms with E-state index in [1.165, 1.54) is 0 Å². The van der Waals surface area contributed by atoms with Crippen molar-refractivity contribution in [1.29, 1.82) is 0 Å². The van der Waals surface area contributed by atoms with Crippen LogP contribution in [-0.4, -0.2) is 23.2 Å². The Hall–Kier alpha value is -1.62. The lowest BCUT2D eigenvalue weighted by molar-refractivity contribution is -0.384. The largest absolute Gasteiger partial charge is 0.396 e. The summed E-state index contributed by atoms with van der Waals surface area (Å²) >= 11 is 0. The SMILES string of the molecule is CCC(CCO)CNc1ccc(C)cc1[N+](=O)[O-]. The van der Waals surface area contributed by atoms with Gasteiger partial charge in [-0.3, -0.25) is 10.1 Å². The van der Waals surface area contributed by atoms with Crippen molar-refractivity contribution in [3.8, 4) is 0 Å². The molecule has 100 valence electrons. The number of nitro benzene ring substituents is 1. The van der Waals surface area contributed by atoms with Crippen LogP contribution in [-0.2, 0) is 0 Å². The minimum Gasteiger partial charge on any atom is -0.396 e. The fourth-order valence-corrected chi connectivity index (χ4v) is 1.83. The van der Waals surface area contributed by atoms with Crippen LogP contribution in [0.4, 0.5) is 11.4 Å². The molecule has 1 unspecified atom stereocenters. The van der Waals surface area contributed by atoms with Crippen LogP contribution in [0.15, 0.2) is 18.2 Å². The van der Waals surface area contributed by atoms with Gasteiger partial charge < -0.3 is 10.4 Å². The highest BCUT2D eigenvalue weighted by atomic mass is 16.6. The van der Waals surface area contributed by atoms with Gasteiger partial charge in [0, 0.05) is 19.2 Å². The van der Waals surface area contributed by atoms with E-state index < -0.39 is 0 Å². The van der Waals surface area contributed by atoms with Crippen molar-refractivity contribution in [3.63, 3.8) is 0 Å². The number of benzene rings is 1. The summed E-state index contributed by atoms with van der Waals surface area (Å²) in [7, 11) is 0. The molecular weight excluding hydrogens is 232 g/mol. The molecule has 0 aliphatic carbocycles. The lowest BCUT2D eigenvalue weighted by atomic mass is 10.0. The van der Waals surface area contributed by atoms with Gasteiger partial charge in [-0.05, 0) is 30.9 Å². The Labute approximate surface area is 107 Å². The van der Waals surface area contributed by atoms with Gasteiger partial charge in [0.1, 0.15) is 5.69 Å². The Morgan fingerprint density at radius 1 is 1.50 bits per heavy atom. The molecule has 0 spiro atoms. The number of nitro groups is 1. The molecule has 2 N–H and O–H groups in total. The van der Waals surface area contributed by atoms with E-state index in [4.69, 9.17) is 5.11 Å². The minimum absolute atomic E-state index is 0.105. The second-order valence-corrected chi connectivity index (χ2v) is 4.45. The van der Waals surface area contributed by atoms with Gasteiger partial charge in [0.15, 0.2) is 0 Å². The van der Waals surface area contributed by atoms with Crippen molar-refractivity contribution < 1.29 is 10.0 Å². The monoisotopic (exact) mass is 252 g/mol. The Kier molecular flexibility index (Phi) is 5.58. The smallest absolute Gasteiger partial charge is 0.292 e. The third kappa shape index (κ3) is 4.00. The van der Waals surface area contributed by atoms with Crippen molar-refractivity contribution in [2.75, 3.05) is 18.5 Å². The van der Waals surface area contributed by atoms with Gasteiger partial charge in [0.25, 0.3) is 5.69 Å². The van der Waals surface area contributed by atoms with Crippen molar-refractivity contribution in [2.45, 2.75) is 26.7 Å². The number of anilines is 1. The Morgan fingerprint density at radius 3 is 2.78 bits per heavy atom. The molecule has 1 aromatic carbocycles. The molecule has 0 aliphatic rings. The van der Waals surface area contributed by atoms with E-state index in [9.17, 15) is 10.1 Å². The highest BCUT2D eigenvalue weighted by Crippen LogP contribution is 2.25. The van der Waals surface area contributed by atoms with Gasteiger partial charge in [-0.15, -0.1) is 0 Å². The zero-order chi connectivity index (χ0) is 13.5. The zero-order valence-electron chi connectivity index (χ0n) is 10.8. The van der Waals surface area contributed by atoms with Crippen LogP contribution in [0.1, 0.15) is 25.3 Å². The molecule has 0 amide bonds. The number of nitrogens with one attached hydrogen (secondary N) is 1. The predicted octanol–water partition coefficient (Wildman–Crippen LogP) is 2.72. The summed E-state index contributed by atoms with van der Waals surface area (Å²) in [4.78, 5) is 10.6. The maximum Gasteiger partial charge on any atom is 0.292 e. The van der Waals surface area contributed by atoms with Crippen molar-refractivity contribution in [2.24, 2.45) is 5.92 Å². The Bertz CT molecular complexity index is 407. The van der Waals surface area contributed by atoms with Crippen LogP contribution < -0.4 is 5.32 Å². The predicted molar refractivity (Wildman–Crippen MR) is 71.8 cm³/mol. The number of rotatable bonds is 7. The van der Waals surface area contributed by atoms with E-state index in [-0.39, 0.29) is 17.2 Å². The molecule has 1 aromatic rings. The first-order valence-electron chi connectivity index (χ1n) is 6.18. The van der Waals surface area contributed by atoms with E-state index in [1.807, 2.05) is 19.9 Å². The maximum absolute atomic E-state index is 10.9. The van der Waals surface area contributed by atoms with E-state index >= 15 is 0 Å². The topological polar surface area (TPSA) is 75.4 Å². The summed E-state index contributed by atoms with van der Waals surface area (Å²) in [6, 6.07) is 5.15. The van der Waals surface area contributed by atoms with Crippen LogP contribution in [0.3, 0.4) is 0 Å². The highest BCUT2D eigenvalue weighted by Gasteiger charge is 2.14. The lowest BCUT2D eigenvalue weighted by Crippen LogP contribution is -2.15. The van der Waals surface area contributed by atoms with Crippen LogP contribution in [0.2, 0.25) is 0 Å². The average Bonchev–Trinajstić information content (AvgIpc) is 2.35. The zero-order valence-corrected chi connectivity index (χ0v) is 10.8. The number of hydrogen-bond donors (Lipinski definition) is 2. The molecule has 0 aliphatic heterocycles. The van der Waals surface area contributed by atoms with Gasteiger partial charge in [0.05, 0.1) is 4.92 Å². The molecule has 0 heterocycles. The number of nitrogens with zero attached hydrogens (tertiary/aromatic N) is 1. The number of aliphatic hydroxyl groups excluding tert-OH is 1. The van der Waals surface area contributed by atoms with Gasteiger partial charge >= 0.3 is 0 Å². The molecule has 1 rings (SSSR count). The van der Waals surface area contributed by atoms with Gasteiger partial charge in [-0.25, -0.2) is 0 Å². The highest BCUT2D eigenvalue weighted by molar-refractivity contribution is 5.62. The number of aryl methyl sites for hydroxylation is 1. The maximum atomic E-state index is 10.9. The molecular formula is C13H20N2O3. The molecule has 1 atom stereocenters. The Balaban J connectivity index is 2.74. The first kappa shape index (κ1) is 14.4.